The molecule has 0 saturated heterocycles. The minimum Gasteiger partial charge on any atom is -0.329 e. The van der Waals surface area contributed by atoms with Crippen LogP contribution in [-0.2, 0) is 6.54 Å². The lowest BCUT2D eigenvalue weighted by atomic mass is 10.2. The molecule has 1 aliphatic rings. The van der Waals surface area contributed by atoms with Gasteiger partial charge in [0, 0.05) is 37.1 Å². The first kappa shape index (κ1) is 13.1. The van der Waals surface area contributed by atoms with E-state index in [-0.39, 0.29) is 5.82 Å². The molecule has 0 bridgehead atoms. The zero-order valence-electron chi connectivity index (χ0n) is 11.5. The van der Waals surface area contributed by atoms with Gasteiger partial charge < -0.3 is 10.2 Å². The first-order chi connectivity index (χ1) is 9.74. The van der Waals surface area contributed by atoms with Crippen LogP contribution >= 0.6 is 0 Å². The Balaban J connectivity index is 1.82. The van der Waals surface area contributed by atoms with Crippen LogP contribution < -0.4 is 10.2 Å². The normalized spacial score (nSPS) is 14.3. The third-order valence-electron chi connectivity index (χ3n) is 3.56. The summed E-state index contributed by atoms with van der Waals surface area (Å²) >= 11 is 0. The van der Waals surface area contributed by atoms with Gasteiger partial charge in [-0.15, -0.1) is 0 Å². The van der Waals surface area contributed by atoms with E-state index in [1.54, 1.807) is 18.3 Å². The number of halogens is 1. The first-order valence-electron chi connectivity index (χ1n) is 6.90. The summed E-state index contributed by atoms with van der Waals surface area (Å²) in [6.45, 7) is 0.819. The van der Waals surface area contributed by atoms with E-state index in [0.717, 1.165) is 23.6 Å². The minimum atomic E-state index is -0.223. The number of hydrogen-bond acceptors (Lipinski definition) is 3. The number of hydrogen-bond donors (Lipinski definition) is 1. The Labute approximate surface area is 118 Å². The fourth-order valence-electron chi connectivity index (χ4n) is 2.20. The zero-order chi connectivity index (χ0) is 13.9. The van der Waals surface area contributed by atoms with Crippen molar-refractivity contribution in [3.8, 4) is 0 Å². The second-order valence-electron chi connectivity index (χ2n) is 5.18. The molecule has 0 aliphatic heterocycles. The van der Waals surface area contributed by atoms with Gasteiger partial charge in [-0.1, -0.05) is 6.07 Å². The van der Waals surface area contributed by atoms with E-state index < -0.39 is 0 Å². The lowest BCUT2D eigenvalue weighted by Crippen LogP contribution is -2.19. The molecule has 3 nitrogen and oxygen atoms in total. The largest absolute Gasteiger partial charge is 0.329 e. The van der Waals surface area contributed by atoms with Gasteiger partial charge in [0.2, 0.25) is 0 Å². The molecule has 1 saturated carbocycles. The number of nitrogens with zero attached hydrogens (tertiary/aromatic N) is 2. The van der Waals surface area contributed by atoms with Crippen molar-refractivity contribution < 1.29 is 4.39 Å². The minimum absolute atomic E-state index is 0.223. The molecule has 0 radical (unpaired) electrons. The van der Waals surface area contributed by atoms with E-state index in [0.29, 0.717) is 6.04 Å². The van der Waals surface area contributed by atoms with Crippen molar-refractivity contribution in [2.75, 3.05) is 11.9 Å². The van der Waals surface area contributed by atoms with Gasteiger partial charge in [0.15, 0.2) is 0 Å². The number of rotatable bonds is 5. The van der Waals surface area contributed by atoms with Gasteiger partial charge >= 0.3 is 0 Å². The van der Waals surface area contributed by atoms with Crippen LogP contribution in [0.2, 0.25) is 0 Å². The van der Waals surface area contributed by atoms with Crippen molar-refractivity contribution in [2.45, 2.75) is 25.4 Å². The average Bonchev–Trinajstić information content (AvgIpc) is 3.30. The first-order valence-corrected chi connectivity index (χ1v) is 6.90. The number of anilines is 2. The lowest BCUT2D eigenvalue weighted by Gasteiger charge is -2.21. The molecule has 0 unspecified atom stereocenters. The molecular formula is C16H18FN3. The molecule has 1 N–H and O–H groups in total. The van der Waals surface area contributed by atoms with Crippen molar-refractivity contribution in [1.82, 2.24) is 10.3 Å². The molecule has 4 heteroatoms. The van der Waals surface area contributed by atoms with Crippen molar-refractivity contribution in [3.05, 3.63) is 54.0 Å². The Morgan fingerprint density at radius 2 is 2.00 bits per heavy atom. The predicted octanol–water partition coefficient (Wildman–Crippen LogP) is 3.24. The van der Waals surface area contributed by atoms with Crippen molar-refractivity contribution in [1.29, 1.82) is 0 Å². The highest BCUT2D eigenvalue weighted by Crippen LogP contribution is 2.26. The van der Waals surface area contributed by atoms with Crippen LogP contribution in [0.15, 0.2) is 42.6 Å². The fraction of sp³-hybridized carbons (Fsp3) is 0.312. The molecule has 1 aromatic heterocycles. The maximum absolute atomic E-state index is 13.0. The molecule has 0 atom stereocenters. The molecule has 0 amide bonds. The Morgan fingerprint density at radius 3 is 2.70 bits per heavy atom. The number of nitrogens with one attached hydrogen (secondary N) is 1. The van der Waals surface area contributed by atoms with Gasteiger partial charge in [0.05, 0.1) is 0 Å². The smallest absolute Gasteiger partial charge is 0.137 e. The summed E-state index contributed by atoms with van der Waals surface area (Å²) in [6, 6.07) is 11.2. The molecule has 1 aromatic carbocycles. The Hall–Kier alpha value is -1.94. The third kappa shape index (κ3) is 2.96. The third-order valence-corrected chi connectivity index (χ3v) is 3.56. The SMILES string of the molecule is CN(c1ccc(F)cc1)c1ncccc1CNC1CC1. The monoisotopic (exact) mass is 271 g/mol. The second kappa shape index (κ2) is 5.59. The molecule has 2 aromatic rings. The van der Waals surface area contributed by atoms with Gasteiger partial charge in [-0.05, 0) is 43.2 Å². The van der Waals surface area contributed by atoms with E-state index >= 15 is 0 Å². The van der Waals surface area contributed by atoms with Crippen molar-refractivity contribution in [3.63, 3.8) is 0 Å². The van der Waals surface area contributed by atoms with Crippen LogP contribution in [0, 0.1) is 5.82 Å². The second-order valence-corrected chi connectivity index (χ2v) is 5.18. The predicted molar refractivity (Wildman–Crippen MR) is 78.6 cm³/mol. The summed E-state index contributed by atoms with van der Waals surface area (Å²) < 4.78 is 13.0. The van der Waals surface area contributed by atoms with Gasteiger partial charge in [-0.2, -0.15) is 0 Å². The van der Waals surface area contributed by atoms with Crippen molar-refractivity contribution >= 4 is 11.5 Å². The summed E-state index contributed by atoms with van der Waals surface area (Å²) in [5, 5.41) is 3.50. The highest BCUT2D eigenvalue weighted by Gasteiger charge is 2.21. The Bertz CT molecular complexity index is 579. The van der Waals surface area contributed by atoms with Crippen LogP contribution in [0.4, 0.5) is 15.9 Å². The van der Waals surface area contributed by atoms with E-state index in [9.17, 15) is 4.39 Å². The van der Waals surface area contributed by atoms with Crippen LogP contribution in [0.3, 0.4) is 0 Å². The molecule has 1 aliphatic carbocycles. The number of pyridine rings is 1. The highest BCUT2D eigenvalue weighted by atomic mass is 19.1. The Kier molecular flexibility index (Phi) is 3.65. The lowest BCUT2D eigenvalue weighted by molar-refractivity contribution is 0.628. The molecule has 3 rings (SSSR count). The Morgan fingerprint density at radius 1 is 1.25 bits per heavy atom. The topological polar surface area (TPSA) is 28.2 Å². The molecule has 104 valence electrons. The van der Waals surface area contributed by atoms with E-state index in [1.807, 2.05) is 18.0 Å². The molecule has 0 spiro atoms. The van der Waals surface area contributed by atoms with E-state index in [4.69, 9.17) is 0 Å². The highest BCUT2D eigenvalue weighted by molar-refractivity contribution is 5.61. The van der Waals surface area contributed by atoms with Gasteiger partial charge in [-0.3, -0.25) is 0 Å². The fourth-order valence-corrected chi connectivity index (χ4v) is 2.20. The summed E-state index contributed by atoms with van der Waals surface area (Å²) in [7, 11) is 1.95. The van der Waals surface area contributed by atoms with Crippen molar-refractivity contribution in [2.24, 2.45) is 0 Å². The summed E-state index contributed by atoms with van der Waals surface area (Å²) in [6.07, 6.45) is 4.32. The zero-order valence-corrected chi connectivity index (χ0v) is 11.5. The molecule has 1 heterocycles. The van der Waals surface area contributed by atoms with Gasteiger partial charge in [0.25, 0.3) is 0 Å². The summed E-state index contributed by atoms with van der Waals surface area (Å²) in [4.78, 5) is 6.46. The molecular weight excluding hydrogens is 253 g/mol. The quantitative estimate of drug-likeness (QED) is 0.905. The summed E-state index contributed by atoms with van der Waals surface area (Å²) in [5.41, 5.74) is 2.09. The number of aromatic nitrogens is 1. The standard InChI is InChI=1S/C16H18FN3/c1-20(15-8-4-13(17)5-9-15)16-12(3-2-10-18-16)11-19-14-6-7-14/h2-5,8-10,14,19H,6-7,11H2,1H3. The van der Waals surface area contributed by atoms with Crippen LogP contribution in [0.5, 0.6) is 0 Å². The van der Waals surface area contributed by atoms with Gasteiger partial charge in [-0.25, -0.2) is 9.37 Å². The maximum atomic E-state index is 13.0. The number of benzene rings is 1. The molecule has 1 fully saturated rings. The van der Waals surface area contributed by atoms with E-state index in [1.165, 1.54) is 25.0 Å². The van der Waals surface area contributed by atoms with Crippen LogP contribution in [0.1, 0.15) is 18.4 Å². The summed E-state index contributed by atoms with van der Waals surface area (Å²) in [5.74, 6) is 0.686. The molecule has 20 heavy (non-hydrogen) atoms. The van der Waals surface area contributed by atoms with Crippen LogP contribution in [0.25, 0.3) is 0 Å². The average molecular weight is 271 g/mol. The van der Waals surface area contributed by atoms with E-state index in [2.05, 4.69) is 16.4 Å². The van der Waals surface area contributed by atoms with Crippen LogP contribution in [-0.4, -0.2) is 18.1 Å². The van der Waals surface area contributed by atoms with Gasteiger partial charge in [0.1, 0.15) is 11.6 Å². The maximum Gasteiger partial charge on any atom is 0.137 e.